The largest absolute Gasteiger partial charge is 0.477 e. The molecule has 0 radical (unpaired) electrons. The number of halogens is 1. The van der Waals surface area contributed by atoms with Crippen molar-refractivity contribution in [3.05, 3.63) is 70.6 Å². The van der Waals surface area contributed by atoms with Crippen LogP contribution in [0.3, 0.4) is 0 Å². The van der Waals surface area contributed by atoms with Gasteiger partial charge in [-0.3, -0.25) is 0 Å². The molecule has 0 atom stereocenters. The summed E-state index contributed by atoms with van der Waals surface area (Å²) in [6.07, 6.45) is 2.19. The minimum atomic E-state index is -3.72. The summed E-state index contributed by atoms with van der Waals surface area (Å²) in [4.78, 5) is 9.93. The van der Waals surface area contributed by atoms with Crippen LogP contribution >= 0.6 is 23.4 Å². The maximum atomic E-state index is 11.4. The summed E-state index contributed by atoms with van der Waals surface area (Å²) in [5.41, 5.74) is 1.78. The van der Waals surface area contributed by atoms with E-state index in [0.717, 1.165) is 21.0 Å². The lowest BCUT2D eigenvalue weighted by atomic mass is 10.1. The Morgan fingerprint density at radius 2 is 1.97 bits per heavy atom. The fraction of sp³-hybridized carbons (Fsp3) is 0.150. The van der Waals surface area contributed by atoms with Gasteiger partial charge in [-0.1, -0.05) is 35.5 Å². The highest BCUT2D eigenvalue weighted by molar-refractivity contribution is 7.99. The molecule has 0 spiro atoms. The third kappa shape index (κ3) is 5.70. The Balaban J connectivity index is 1.77. The standard InChI is InChI=1S/C20H17ClN4O3S2/c1-13-12-24-19(10-14-2-5-16(6-3-14)30(23,26)27)25-20(13)29-15-4-7-18(17(21)11-15)28-9-8-22/h2-7,11-12H,9-10H2,1H3,(H2,23,26,27). The van der Waals surface area contributed by atoms with Crippen LogP contribution in [0.25, 0.3) is 0 Å². The second kappa shape index (κ2) is 9.45. The number of primary sulfonamides is 1. The molecule has 0 saturated carbocycles. The Morgan fingerprint density at radius 3 is 2.60 bits per heavy atom. The van der Waals surface area contributed by atoms with Crippen LogP contribution in [0.5, 0.6) is 5.75 Å². The van der Waals surface area contributed by atoms with Gasteiger partial charge in [0.2, 0.25) is 10.0 Å². The van der Waals surface area contributed by atoms with Gasteiger partial charge in [0.15, 0.2) is 6.61 Å². The molecule has 0 aliphatic heterocycles. The zero-order valence-corrected chi connectivity index (χ0v) is 18.3. The Hall–Kier alpha value is -2.64. The molecule has 1 heterocycles. The number of nitrogens with zero attached hydrogens (tertiary/aromatic N) is 3. The lowest BCUT2D eigenvalue weighted by Crippen LogP contribution is -2.12. The van der Waals surface area contributed by atoms with E-state index in [-0.39, 0.29) is 11.5 Å². The topological polar surface area (TPSA) is 119 Å². The summed E-state index contributed by atoms with van der Waals surface area (Å²) in [7, 11) is -3.72. The molecule has 2 aromatic carbocycles. The average Bonchev–Trinajstić information content (AvgIpc) is 2.70. The van der Waals surface area contributed by atoms with Crippen molar-refractivity contribution in [3.63, 3.8) is 0 Å². The van der Waals surface area contributed by atoms with Gasteiger partial charge in [-0.2, -0.15) is 5.26 Å². The van der Waals surface area contributed by atoms with Crippen LogP contribution < -0.4 is 9.88 Å². The quantitative estimate of drug-likeness (QED) is 0.533. The first-order valence-electron chi connectivity index (χ1n) is 8.67. The summed E-state index contributed by atoms with van der Waals surface area (Å²) in [5.74, 6) is 1.05. The van der Waals surface area contributed by atoms with Gasteiger partial charge < -0.3 is 4.74 Å². The molecule has 2 N–H and O–H groups in total. The molecule has 3 aromatic rings. The molecule has 0 amide bonds. The van der Waals surface area contributed by atoms with Gasteiger partial charge in [-0.25, -0.2) is 23.5 Å². The second-order valence-electron chi connectivity index (χ2n) is 6.28. The van der Waals surface area contributed by atoms with Crippen LogP contribution in [0, 0.1) is 18.3 Å². The minimum Gasteiger partial charge on any atom is -0.477 e. The molecule has 30 heavy (non-hydrogen) atoms. The lowest BCUT2D eigenvalue weighted by Gasteiger charge is -2.09. The van der Waals surface area contributed by atoms with E-state index in [2.05, 4.69) is 9.97 Å². The zero-order chi connectivity index (χ0) is 21.7. The zero-order valence-electron chi connectivity index (χ0n) is 15.9. The van der Waals surface area contributed by atoms with E-state index in [1.54, 1.807) is 30.5 Å². The highest BCUT2D eigenvalue weighted by Gasteiger charge is 2.11. The van der Waals surface area contributed by atoms with Crippen molar-refractivity contribution in [2.45, 2.75) is 28.2 Å². The third-order valence-electron chi connectivity index (χ3n) is 4.00. The number of hydrogen-bond acceptors (Lipinski definition) is 7. The lowest BCUT2D eigenvalue weighted by molar-refractivity contribution is 0.368. The van der Waals surface area contributed by atoms with Crippen LogP contribution in [-0.2, 0) is 16.4 Å². The first-order valence-corrected chi connectivity index (χ1v) is 11.4. The van der Waals surface area contributed by atoms with Crippen molar-refractivity contribution in [3.8, 4) is 11.8 Å². The molecule has 0 aliphatic carbocycles. The molecular formula is C20H17ClN4O3S2. The van der Waals surface area contributed by atoms with Gasteiger partial charge in [-0.05, 0) is 48.4 Å². The van der Waals surface area contributed by atoms with Gasteiger partial charge in [0, 0.05) is 17.5 Å². The first-order chi connectivity index (χ1) is 14.3. The summed E-state index contributed by atoms with van der Waals surface area (Å²) in [6, 6.07) is 13.5. The van der Waals surface area contributed by atoms with Crippen molar-refractivity contribution < 1.29 is 13.2 Å². The van der Waals surface area contributed by atoms with Crippen LogP contribution in [-0.4, -0.2) is 25.0 Å². The van der Waals surface area contributed by atoms with Gasteiger partial charge >= 0.3 is 0 Å². The van der Waals surface area contributed by atoms with E-state index in [9.17, 15) is 8.42 Å². The molecule has 0 aliphatic rings. The predicted molar refractivity (Wildman–Crippen MR) is 114 cm³/mol. The fourth-order valence-corrected chi connectivity index (χ4v) is 4.23. The van der Waals surface area contributed by atoms with Gasteiger partial charge in [-0.15, -0.1) is 0 Å². The molecule has 1 aromatic heterocycles. The van der Waals surface area contributed by atoms with E-state index in [1.807, 2.05) is 19.1 Å². The number of benzene rings is 2. The third-order valence-corrected chi connectivity index (χ3v) is 6.32. The number of aryl methyl sites for hydroxylation is 1. The number of hydrogen-bond donors (Lipinski definition) is 1. The van der Waals surface area contributed by atoms with Crippen molar-refractivity contribution in [1.82, 2.24) is 9.97 Å². The number of sulfonamides is 1. The van der Waals surface area contributed by atoms with Gasteiger partial charge in [0.1, 0.15) is 22.7 Å². The Kier molecular flexibility index (Phi) is 6.95. The monoisotopic (exact) mass is 460 g/mol. The molecule has 0 saturated heterocycles. The Labute approximate surface area is 183 Å². The second-order valence-corrected chi connectivity index (χ2v) is 9.31. The molecule has 0 fully saturated rings. The normalized spacial score (nSPS) is 11.1. The molecule has 7 nitrogen and oxygen atoms in total. The van der Waals surface area contributed by atoms with Crippen LogP contribution in [0.15, 0.2) is 63.5 Å². The van der Waals surface area contributed by atoms with Crippen LogP contribution in [0.4, 0.5) is 0 Å². The average molecular weight is 461 g/mol. The van der Waals surface area contributed by atoms with Gasteiger partial charge in [0.05, 0.1) is 9.92 Å². The highest BCUT2D eigenvalue weighted by atomic mass is 35.5. The van der Waals surface area contributed by atoms with E-state index in [0.29, 0.717) is 23.0 Å². The van der Waals surface area contributed by atoms with Crippen LogP contribution in [0.1, 0.15) is 17.0 Å². The molecule has 154 valence electrons. The number of nitrogens with two attached hydrogens (primary N) is 1. The number of aromatic nitrogens is 2. The van der Waals surface area contributed by atoms with E-state index in [1.165, 1.54) is 23.9 Å². The SMILES string of the molecule is Cc1cnc(Cc2ccc(S(N)(=O)=O)cc2)nc1Sc1ccc(OCC#N)c(Cl)c1. The van der Waals surface area contributed by atoms with Crippen molar-refractivity contribution in [2.24, 2.45) is 5.14 Å². The summed E-state index contributed by atoms with van der Waals surface area (Å²) in [6.45, 7) is 1.85. The smallest absolute Gasteiger partial charge is 0.238 e. The molecular weight excluding hydrogens is 444 g/mol. The highest BCUT2D eigenvalue weighted by Crippen LogP contribution is 2.34. The molecule has 3 rings (SSSR count). The maximum absolute atomic E-state index is 11.4. The van der Waals surface area contributed by atoms with Crippen molar-refractivity contribution >= 4 is 33.4 Å². The Morgan fingerprint density at radius 1 is 1.23 bits per heavy atom. The van der Waals surface area contributed by atoms with E-state index < -0.39 is 10.0 Å². The fourth-order valence-electron chi connectivity index (χ4n) is 2.51. The minimum absolute atomic E-state index is 0.0615. The number of rotatable bonds is 7. The van der Waals surface area contributed by atoms with Crippen molar-refractivity contribution in [2.75, 3.05) is 6.61 Å². The van der Waals surface area contributed by atoms with Crippen LogP contribution in [0.2, 0.25) is 5.02 Å². The maximum Gasteiger partial charge on any atom is 0.238 e. The number of nitriles is 1. The first kappa shape index (κ1) is 22.1. The summed E-state index contributed by atoms with van der Waals surface area (Å²) >= 11 is 7.66. The van der Waals surface area contributed by atoms with E-state index >= 15 is 0 Å². The van der Waals surface area contributed by atoms with E-state index in [4.69, 9.17) is 26.7 Å². The summed E-state index contributed by atoms with van der Waals surface area (Å²) < 4.78 is 28.0. The molecule has 10 heteroatoms. The van der Waals surface area contributed by atoms with Gasteiger partial charge in [0.25, 0.3) is 0 Å². The summed E-state index contributed by atoms with van der Waals surface area (Å²) in [5, 5.41) is 14.9. The Bertz CT molecular complexity index is 1210. The predicted octanol–water partition coefficient (Wildman–Crippen LogP) is 3.73. The number of ether oxygens (including phenoxy) is 1. The molecule has 0 bridgehead atoms. The van der Waals surface area contributed by atoms with Crippen molar-refractivity contribution in [1.29, 1.82) is 5.26 Å². The molecule has 0 unspecified atom stereocenters.